The van der Waals surface area contributed by atoms with Gasteiger partial charge in [0.1, 0.15) is 23.9 Å². The molecule has 6 nitrogen and oxygen atoms in total. The summed E-state index contributed by atoms with van der Waals surface area (Å²) in [6.07, 6.45) is -0.286. The Morgan fingerprint density at radius 2 is 1.70 bits per heavy atom. The van der Waals surface area contributed by atoms with Crippen molar-refractivity contribution in [2.75, 3.05) is 0 Å². The van der Waals surface area contributed by atoms with E-state index in [1.165, 1.54) is 0 Å². The van der Waals surface area contributed by atoms with Crippen LogP contribution in [-0.4, -0.2) is 42.0 Å². The third-order valence-corrected chi connectivity index (χ3v) is 6.08. The van der Waals surface area contributed by atoms with Crippen LogP contribution < -0.4 is 0 Å². The summed E-state index contributed by atoms with van der Waals surface area (Å²) < 4.78 is 30.6. The van der Waals surface area contributed by atoms with E-state index in [0.29, 0.717) is 18.6 Å². The van der Waals surface area contributed by atoms with Crippen molar-refractivity contribution in [3.63, 3.8) is 0 Å². The van der Waals surface area contributed by atoms with E-state index in [-0.39, 0.29) is 12.1 Å². The van der Waals surface area contributed by atoms with Crippen LogP contribution in [0.25, 0.3) is 0 Å². The Balaban J connectivity index is 1.36. The van der Waals surface area contributed by atoms with Crippen LogP contribution in [0.4, 0.5) is 0 Å². The number of carbonyl (C=O) groups is 1. The Hall–Kier alpha value is -2.25. The van der Waals surface area contributed by atoms with Gasteiger partial charge in [0.2, 0.25) is 0 Å². The second-order valence-corrected chi connectivity index (χ2v) is 8.56. The largest absolute Gasteiger partial charge is 0.456 e. The first-order chi connectivity index (χ1) is 14.5. The molecular formula is C24H26O6. The van der Waals surface area contributed by atoms with Crippen LogP contribution in [0.1, 0.15) is 42.6 Å². The Morgan fingerprint density at radius 3 is 2.37 bits per heavy atom. The third-order valence-electron chi connectivity index (χ3n) is 6.08. The average Bonchev–Trinajstić information content (AvgIpc) is 3.21. The number of esters is 1. The molecule has 2 heterocycles. The molecule has 0 radical (unpaired) electrons. The summed E-state index contributed by atoms with van der Waals surface area (Å²) >= 11 is 0. The molecule has 5 rings (SSSR count). The van der Waals surface area contributed by atoms with E-state index in [1.54, 1.807) is 12.1 Å². The molecule has 1 spiro atoms. The summed E-state index contributed by atoms with van der Waals surface area (Å²) in [4.78, 5) is 12.6. The number of ether oxygens (including phenoxy) is 5. The number of hydrogen-bond donors (Lipinski definition) is 0. The van der Waals surface area contributed by atoms with Gasteiger partial charge in [0.25, 0.3) is 0 Å². The van der Waals surface area contributed by atoms with Gasteiger partial charge in [-0.2, -0.15) is 0 Å². The Labute approximate surface area is 176 Å². The quantitative estimate of drug-likeness (QED) is 0.698. The monoisotopic (exact) mass is 410 g/mol. The van der Waals surface area contributed by atoms with E-state index in [4.69, 9.17) is 23.7 Å². The van der Waals surface area contributed by atoms with Gasteiger partial charge in [-0.1, -0.05) is 48.5 Å². The Kier molecular flexibility index (Phi) is 4.90. The Morgan fingerprint density at radius 1 is 1.00 bits per heavy atom. The molecule has 1 unspecified atom stereocenters. The van der Waals surface area contributed by atoms with Gasteiger partial charge in [-0.15, -0.1) is 0 Å². The molecule has 2 saturated heterocycles. The molecule has 0 aromatic heterocycles. The van der Waals surface area contributed by atoms with Crippen molar-refractivity contribution in [1.29, 1.82) is 0 Å². The maximum Gasteiger partial charge on any atom is 0.338 e. The highest BCUT2D eigenvalue weighted by molar-refractivity contribution is 5.89. The summed E-state index contributed by atoms with van der Waals surface area (Å²) in [7, 11) is 0. The molecule has 158 valence electrons. The molecule has 3 aliphatic rings. The number of rotatable bonds is 5. The van der Waals surface area contributed by atoms with Gasteiger partial charge < -0.3 is 23.7 Å². The van der Waals surface area contributed by atoms with Crippen molar-refractivity contribution < 1.29 is 28.5 Å². The highest BCUT2D eigenvalue weighted by Crippen LogP contribution is 2.53. The lowest BCUT2D eigenvalue weighted by atomic mass is 9.72. The minimum absolute atomic E-state index is 0.357. The molecule has 2 aromatic rings. The van der Waals surface area contributed by atoms with Gasteiger partial charge in [0.05, 0.1) is 12.2 Å². The van der Waals surface area contributed by atoms with Crippen LogP contribution in [0.5, 0.6) is 0 Å². The van der Waals surface area contributed by atoms with Crippen molar-refractivity contribution in [3.8, 4) is 0 Å². The predicted molar refractivity (Wildman–Crippen MR) is 108 cm³/mol. The topological polar surface area (TPSA) is 63.2 Å². The lowest BCUT2D eigenvalue weighted by Gasteiger charge is -2.48. The molecule has 6 heteroatoms. The fraction of sp³-hybridized carbons (Fsp3) is 0.458. The van der Waals surface area contributed by atoms with Crippen molar-refractivity contribution in [2.24, 2.45) is 0 Å². The molecule has 3 fully saturated rings. The molecule has 0 amide bonds. The van der Waals surface area contributed by atoms with Crippen molar-refractivity contribution in [3.05, 3.63) is 71.8 Å². The molecule has 1 saturated carbocycles. The van der Waals surface area contributed by atoms with Crippen molar-refractivity contribution in [1.82, 2.24) is 0 Å². The summed E-state index contributed by atoms with van der Waals surface area (Å²) in [6.45, 7) is 4.15. The van der Waals surface area contributed by atoms with Gasteiger partial charge in [-0.3, -0.25) is 0 Å². The fourth-order valence-electron chi connectivity index (χ4n) is 4.55. The summed E-state index contributed by atoms with van der Waals surface area (Å²) in [5.74, 6) is -1.10. The third kappa shape index (κ3) is 3.44. The molecule has 30 heavy (non-hydrogen) atoms. The van der Waals surface area contributed by atoms with Crippen LogP contribution >= 0.6 is 0 Å². The molecular weight excluding hydrogens is 384 g/mol. The first-order valence-corrected chi connectivity index (χ1v) is 10.4. The zero-order chi connectivity index (χ0) is 20.8. The summed E-state index contributed by atoms with van der Waals surface area (Å²) in [5, 5.41) is 0. The van der Waals surface area contributed by atoms with Crippen LogP contribution in [0, 0.1) is 0 Å². The molecule has 0 bridgehead atoms. The second kappa shape index (κ2) is 7.46. The minimum Gasteiger partial charge on any atom is -0.456 e. The number of fused-ring (bicyclic) bond motifs is 1. The van der Waals surface area contributed by atoms with Gasteiger partial charge in [0, 0.05) is 0 Å². The van der Waals surface area contributed by atoms with Crippen molar-refractivity contribution in [2.45, 2.75) is 69.3 Å². The van der Waals surface area contributed by atoms with Crippen molar-refractivity contribution >= 4 is 5.97 Å². The maximum absolute atomic E-state index is 12.6. The smallest absolute Gasteiger partial charge is 0.338 e. The standard InChI is InChI=1S/C24H26O6/c1-23(2)28-19-20(26-15-16-9-5-3-6-10-16)24(30-22(19)29-23)14-13-18(24)27-21(25)17-11-7-4-8-12-17/h3-12,18-20,22H,13-15H2,1-2H3/t18-,19-,20?,22-,24+/m0/s1. The van der Waals surface area contributed by atoms with E-state index in [9.17, 15) is 4.79 Å². The highest BCUT2D eigenvalue weighted by atomic mass is 16.8. The maximum atomic E-state index is 12.6. The zero-order valence-electron chi connectivity index (χ0n) is 17.2. The molecule has 0 N–H and O–H groups in total. The lowest BCUT2D eigenvalue weighted by molar-refractivity contribution is -0.287. The van der Waals surface area contributed by atoms with Crippen LogP contribution in [0.2, 0.25) is 0 Å². The van der Waals surface area contributed by atoms with Gasteiger partial charge in [-0.05, 0) is 44.4 Å². The highest BCUT2D eigenvalue weighted by Gasteiger charge is 2.69. The molecule has 1 aliphatic carbocycles. The second-order valence-electron chi connectivity index (χ2n) is 8.56. The van der Waals surface area contributed by atoms with E-state index in [2.05, 4.69) is 0 Å². The SMILES string of the molecule is CC1(C)O[C@H]2O[C@@]3(CC[C@@H]3OC(=O)c3ccccc3)C(OCc3ccccc3)[C@@H]2O1. The average molecular weight is 410 g/mol. The first kappa shape index (κ1) is 19.7. The fourth-order valence-corrected chi connectivity index (χ4v) is 4.55. The number of hydrogen-bond acceptors (Lipinski definition) is 6. The zero-order valence-corrected chi connectivity index (χ0v) is 17.2. The Bertz CT molecular complexity index is 898. The number of carbonyl (C=O) groups excluding carboxylic acids is 1. The summed E-state index contributed by atoms with van der Waals surface area (Å²) in [6, 6.07) is 19.0. The predicted octanol–water partition coefficient (Wildman–Crippen LogP) is 3.84. The van der Waals surface area contributed by atoms with E-state index in [0.717, 1.165) is 12.0 Å². The van der Waals surface area contributed by atoms with Gasteiger partial charge >= 0.3 is 5.97 Å². The minimum atomic E-state index is -0.759. The van der Waals surface area contributed by atoms with Gasteiger partial charge in [-0.25, -0.2) is 4.79 Å². The van der Waals surface area contributed by atoms with Crippen LogP contribution in [-0.2, 0) is 30.3 Å². The van der Waals surface area contributed by atoms with E-state index < -0.39 is 29.9 Å². The molecule has 2 aromatic carbocycles. The number of benzene rings is 2. The van der Waals surface area contributed by atoms with Crippen LogP contribution in [0.15, 0.2) is 60.7 Å². The van der Waals surface area contributed by atoms with E-state index >= 15 is 0 Å². The molecule has 2 aliphatic heterocycles. The van der Waals surface area contributed by atoms with Gasteiger partial charge in [0.15, 0.2) is 12.1 Å². The van der Waals surface area contributed by atoms with E-state index in [1.807, 2.05) is 62.4 Å². The summed E-state index contributed by atoms with van der Waals surface area (Å²) in [5.41, 5.74) is 0.824. The lowest BCUT2D eigenvalue weighted by Crippen LogP contribution is -2.62. The normalized spacial score (nSPS) is 33.8. The first-order valence-electron chi connectivity index (χ1n) is 10.4. The molecule has 5 atom stereocenters. The van der Waals surface area contributed by atoms with Crippen LogP contribution in [0.3, 0.4) is 0 Å².